The Morgan fingerprint density at radius 3 is 2.69 bits per heavy atom. The number of aliphatic hydroxyl groups excluding tert-OH is 1. The Bertz CT molecular complexity index is 572. The van der Waals surface area contributed by atoms with Gasteiger partial charge in [0.25, 0.3) is 0 Å². The van der Waals surface area contributed by atoms with E-state index in [4.69, 9.17) is 5.11 Å². The third-order valence-corrected chi connectivity index (χ3v) is 4.69. The number of hydrogen-bond acceptors (Lipinski definition) is 4. The maximum absolute atomic E-state index is 12.2. The van der Waals surface area contributed by atoms with Crippen molar-refractivity contribution in [3.63, 3.8) is 0 Å². The van der Waals surface area contributed by atoms with E-state index in [0.29, 0.717) is 31.8 Å². The molecule has 1 heterocycles. The van der Waals surface area contributed by atoms with Gasteiger partial charge in [-0.25, -0.2) is 0 Å². The van der Waals surface area contributed by atoms with E-state index in [2.05, 4.69) is 15.5 Å². The summed E-state index contributed by atoms with van der Waals surface area (Å²) in [4.78, 5) is 26.0. The molecule has 0 bridgehead atoms. The minimum atomic E-state index is 0.0146. The van der Waals surface area contributed by atoms with Gasteiger partial charge < -0.3 is 20.6 Å². The number of hydrogen-bond donors (Lipinski definition) is 3. The van der Waals surface area contributed by atoms with Crippen molar-refractivity contribution in [1.82, 2.24) is 10.2 Å². The summed E-state index contributed by atoms with van der Waals surface area (Å²) >= 11 is 0. The Balaban J connectivity index is 1.72. The first kappa shape index (κ1) is 20.4. The summed E-state index contributed by atoms with van der Waals surface area (Å²) in [5, 5.41) is 14.9. The number of carbonyl (C=O) groups excluding carboxylic acids is 2. The van der Waals surface area contributed by atoms with Gasteiger partial charge in [-0.3, -0.25) is 9.59 Å². The molecule has 1 fully saturated rings. The van der Waals surface area contributed by atoms with E-state index >= 15 is 0 Å². The fourth-order valence-corrected chi connectivity index (χ4v) is 3.32. The van der Waals surface area contributed by atoms with E-state index in [0.717, 1.165) is 43.6 Å². The number of benzene rings is 1. The number of carbonyl (C=O) groups is 2. The highest BCUT2D eigenvalue weighted by Gasteiger charge is 2.19. The van der Waals surface area contributed by atoms with Gasteiger partial charge in [-0.1, -0.05) is 19.1 Å². The highest BCUT2D eigenvalue weighted by atomic mass is 16.3. The van der Waals surface area contributed by atoms with Gasteiger partial charge in [-0.05, 0) is 49.4 Å². The average Bonchev–Trinajstić information content (AvgIpc) is 2.62. The molecule has 3 N–H and O–H groups in total. The smallest absolute Gasteiger partial charge is 0.224 e. The molecule has 0 aromatic heterocycles. The van der Waals surface area contributed by atoms with E-state index in [9.17, 15) is 9.59 Å². The van der Waals surface area contributed by atoms with Crippen LogP contribution in [0.5, 0.6) is 0 Å². The van der Waals surface area contributed by atoms with Crippen molar-refractivity contribution < 1.29 is 14.7 Å². The first-order valence-corrected chi connectivity index (χ1v) is 9.59. The Hall–Kier alpha value is -1.92. The van der Waals surface area contributed by atoms with Gasteiger partial charge in [-0.2, -0.15) is 0 Å². The van der Waals surface area contributed by atoms with Gasteiger partial charge in [0.2, 0.25) is 11.8 Å². The molecular formula is C20H31N3O3. The monoisotopic (exact) mass is 361 g/mol. The van der Waals surface area contributed by atoms with E-state index in [1.54, 1.807) is 0 Å². The van der Waals surface area contributed by atoms with Crippen molar-refractivity contribution in [3.8, 4) is 0 Å². The van der Waals surface area contributed by atoms with Crippen LogP contribution in [0.25, 0.3) is 0 Å². The van der Waals surface area contributed by atoms with Crippen molar-refractivity contribution >= 4 is 17.5 Å². The van der Waals surface area contributed by atoms with Crippen molar-refractivity contribution in [1.29, 1.82) is 0 Å². The number of nitrogens with zero attached hydrogens (tertiary/aromatic N) is 1. The number of amides is 2. The summed E-state index contributed by atoms with van der Waals surface area (Å²) < 4.78 is 0. The third kappa shape index (κ3) is 7.14. The van der Waals surface area contributed by atoms with Gasteiger partial charge in [0.05, 0.1) is 13.0 Å². The number of β-amino-alcohol motifs (C(OH)–C–C–N with tert-alkyl or cyclic N) is 1. The van der Waals surface area contributed by atoms with E-state index < -0.39 is 0 Å². The second kappa shape index (κ2) is 10.9. The summed E-state index contributed by atoms with van der Waals surface area (Å²) in [6.45, 7) is 5.53. The molecular weight excluding hydrogens is 330 g/mol. The molecule has 1 unspecified atom stereocenters. The molecule has 6 heteroatoms. The molecule has 0 spiro atoms. The molecule has 144 valence electrons. The molecule has 0 aliphatic carbocycles. The largest absolute Gasteiger partial charge is 0.395 e. The molecule has 1 saturated heterocycles. The minimum Gasteiger partial charge on any atom is -0.395 e. The van der Waals surface area contributed by atoms with Crippen LogP contribution in [0.3, 0.4) is 0 Å². The van der Waals surface area contributed by atoms with Crippen molar-refractivity contribution in [2.24, 2.45) is 5.92 Å². The fraction of sp³-hybridized carbons (Fsp3) is 0.600. The van der Waals surface area contributed by atoms with Crippen LogP contribution in [0.2, 0.25) is 0 Å². The lowest BCUT2D eigenvalue weighted by Gasteiger charge is -2.32. The molecule has 1 atom stereocenters. The average molecular weight is 361 g/mol. The number of likely N-dealkylation sites (tertiary alicyclic amines) is 1. The number of anilines is 1. The number of aliphatic hydroxyl groups is 1. The predicted octanol–water partition coefficient (Wildman–Crippen LogP) is 1.79. The Morgan fingerprint density at radius 2 is 2.00 bits per heavy atom. The molecule has 0 radical (unpaired) electrons. The second-order valence-electron chi connectivity index (χ2n) is 7.01. The minimum absolute atomic E-state index is 0.0146. The van der Waals surface area contributed by atoms with Crippen molar-refractivity contribution in [2.75, 3.05) is 38.1 Å². The number of rotatable bonds is 9. The summed E-state index contributed by atoms with van der Waals surface area (Å²) in [5.41, 5.74) is 1.69. The predicted molar refractivity (Wildman–Crippen MR) is 103 cm³/mol. The lowest BCUT2D eigenvalue weighted by atomic mass is 9.98. The van der Waals surface area contributed by atoms with Gasteiger partial charge in [0.15, 0.2) is 0 Å². The van der Waals surface area contributed by atoms with Crippen LogP contribution in [0.4, 0.5) is 5.69 Å². The zero-order valence-electron chi connectivity index (χ0n) is 15.7. The van der Waals surface area contributed by atoms with Crippen LogP contribution in [0, 0.1) is 5.92 Å². The molecule has 1 aromatic carbocycles. The second-order valence-corrected chi connectivity index (χ2v) is 7.01. The van der Waals surface area contributed by atoms with Gasteiger partial charge >= 0.3 is 0 Å². The van der Waals surface area contributed by atoms with Crippen LogP contribution >= 0.6 is 0 Å². The van der Waals surface area contributed by atoms with Crippen molar-refractivity contribution in [2.45, 2.75) is 39.0 Å². The van der Waals surface area contributed by atoms with Gasteiger partial charge in [0, 0.05) is 31.7 Å². The van der Waals surface area contributed by atoms with Gasteiger partial charge in [-0.15, -0.1) is 0 Å². The fourth-order valence-electron chi connectivity index (χ4n) is 3.32. The van der Waals surface area contributed by atoms with Crippen LogP contribution < -0.4 is 10.6 Å². The molecule has 1 aliphatic heterocycles. The normalized spacial score (nSPS) is 17.7. The van der Waals surface area contributed by atoms with Crippen LogP contribution in [0.15, 0.2) is 24.3 Å². The van der Waals surface area contributed by atoms with Crippen LogP contribution in [0.1, 0.15) is 38.2 Å². The third-order valence-electron chi connectivity index (χ3n) is 4.69. The Kier molecular flexibility index (Phi) is 8.58. The Morgan fingerprint density at radius 1 is 1.23 bits per heavy atom. The standard InChI is InChI=1S/C20H31N3O3/c1-2-4-19(25)22-18-8-6-16(7-9-18)13-20(26)21-14-17-5-3-10-23(15-17)11-12-24/h6-9,17,24H,2-5,10-15H2,1H3,(H,21,26)(H,22,25). The number of nitrogens with one attached hydrogen (secondary N) is 2. The SMILES string of the molecule is CCCC(=O)Nc1ccc(CC(=O)NCC2CCCN(CCO)C2)cc1. The summed E-state index contributed by atoms with van der Waals surface area (Å²) in [6.07, 6.45) is 3.92. The molecule has 2 rings (SSSR count). The van der Waals surface area contributed by atoms with E-state index in [1.807, 2.05) is 31.2 Å². The zero-order valence-corrected chi connectivity index (χ0v) is 15.7. The van der Waals surface area contributed by atoms with E-state index in [1.165, 1.54) is 0 Å². The molecule has 26 heavy (non-hydrogen) atoms. The molecule has 2 amide bonds. The summed E-state index contributed by atoms with van der Waals surface area (Å²) in [6, 6.07) is 7.43. The van der Waals surface area contributed by atoms with Gasteiger partial charge in [0.1, 0.15) is 0 Å². The topological polar surface area (TPSA) is 81.7 Å². The first-order chi connectivity index (χ1) is 12.6. The lowest BCUT2D eigenvalue weighted by Crippen LogP contribution is -2.42. The Labute approximate surface area is 156 Å². The lowest BCUT2D eigenvalue weighted by molar-refractivity contribution is -0.120. The van der Waals surface area contributed by atoms with Crippen molar-refractivity contribution in [3.05, 3.63) is 29.8 Å². The zero-order chi connectivity index (χ0) is 18.8. The highest BCUT2D eigenvalue weighted by Crippen LogP contribution is 2.15. The quantitative estimate of drug-likeness (QED) is 0.626. The van der Waals surface area contributed by atoms with Crippen LogP contribution in [-0.4, -0.2) is 54.6 Å². The first-order valence-electron chi connectivity index (χ1n) is 9.59. The molecule has 0 saturated carbocycles. The highest BCUT2D eigenvalue weighted by molar-refractivity contribution is 5.90. The maximum Gasteiger partial charge on any atom is 0.224 e. The maximum atomic E-state index is 12.2. The number of piperidine rings is 1. The van der Waals surface area contributed by atoms with Crippen LogP contribution in [-0.2, 0) is 16.0 Å². The summed E-state index contributed by atoms with van der Waals surface area (Å²) in [5.74, 6) is 0.489. The molecule has 1 aliphatic rings. The summed E-state index contributed by atoms with van der Waals surface area (Å²) in [7, 11) is 0. The molecule has 1 aromatic rings. The molecule has 6 nitrogen and oxygen atoms in total. The van der Waals surface area contributed by atoms with E-state index in [-0.39, 0.29) is 18.4 Å².